The molecule has 59 heavy (non-hydrogen) atoms. The third-order valence-electron chi connectivity index (χ3n) is 10.2. The highest BCUT2D eigenvalue weighted by Crippen LogP contribution is 2.13. The summed E-state index contributed by atoms with van der Waals surface area (Å²) in [7, 11) is 0. The number of ether oxygens (including phenoxy) is 3. The fraction of sp³-hybridized carbons (Fsp3) is 0.717. The number of esters is 3. The molecule has 6 heteroatoms. The Hall–Kier alpha value is -3.15. The highest BCUT2D eigenvalue weighted by Gasteiger charge is 2.19. The first-order valence-corrected chi connectivity index (χ1v) is 24.5. The zero-order valence-electron chi connectivity index (χ0n) is 38.5. The van der Waals surface area contributed by atoms with Gasteiger partial charge in [-0.3, -0.25) is 14.4 Å². The fourth-order valence-corrected chi connectivity index (χ4v) is 6.47. The van der Waals surface area contributed by atoms with Crippen LogP contribution in [0.25, 0.3) is 0 Å². The second-order valence-corrected chi connectivity index (χ2v) is 16.1. The lowest BCUT2D eigenvalue weighted by atomic mass is 10.1. The molecule has 0 N–H and O–H groups in total. The summed E-state index contributed by atoms with van der Waals surface area (Å²) in [5.41, 5.74) is 0. The summed E-state index contributed by atoms with van der Waals surface area (Å²) in [6.07, 6.45) is 58.8. The largest absolute Gasteiger partial charge is 0.462 e. The van der Waals surface area contributed by atoms with E-state index in [2.05, 4.69) is 93.7 Å². The summed E-state index contributed by atoms with van der Waals surface area (Å²) in [4.78, 5) is 37.8. The molecule has 0 saturated carbocycles. The second-order valence-electron chi connectivity index (χ2n) is 16.1. The molecule has 0 aliphatic carbocycles. The Balaban J connectivity index is 4.44. The molecule has 0 aromatic heterocycles. The Kier molecular flexibility index (Phi) is 45.0. The minimum Gasteiger partial charge on any atom is -0.462 e. The number of allylic oxidation sites excluding steroid dienone is 12. The normalized spacial score (nSPS) is 12.7. The van der Waals surface area contributed by atoms with Crippen molar-refractivity contribution >= 4 is 17.9 Å². The fourth-order valence-electron chi connectivity index (χ4n) is 6.47. The van der Waals surface area contributed by atoms with E-state index in [-0.39, 0.29) is 31.1 Å². The van der Waals surface area contributed by atoms with E-state index >= 15 is 0 Å². The smallest absolute Gasteiger partial charge is 0.306 e. The van der Waals surface area contributed by atoms with E-state index in [4.69, 9.17) is 14.2 Å². The van der Waals surface area contributed by atoms with Crippen LogP contribution in [0.2, 0.25) is 0 Å². The van der Waals surface area contributed by atoms with Gasteiger partial charge in [-0.05, 0) is 89.9 Å². The van der Waals surface area contributed by atoms with Gasteiger partial charge in [-0.1, -0.05) is 190 Å². The van der Waals surface area contributed by atoms with Crippen molar-refractivity contribution in [2.24, 2.45) is 0 Å². The predicted molar refractivity (Wildman–Crippen MR) is 251 cm³/mol. The zero-order valence-corrected chi connectivity index (χ0v) is 38.5. The van der Waals surface area contributed by atoms with Crippen molar-refractivity contribution in [1.29, 1.82) is 0 Å². The SMILES string of the molecule is CCCC/C=C\C=C/CCCCCC(=O)OCC(COC(=O)CCCCCCC\C=C/C=C\C=C/CCCCCCC)OC(=O)CCCCCCC/C=C\CCCCC. The molecule has 338 valence electrons. The molecular formula is C53H90O6. The van der Waals surface area contributed by atoms with Crippen molar-refractivity contribution in [3.8, 4) is 0 Å². The Morgan fingerprint density at radius 2 is 0.644 bits per heavy atom. The lowest BCUT2D eigenvalue weighted by Gasteiger charge is -2.18. The van der Waals surface area contributed by atoms with Crippen LogP contribution in [0.1, 0.15) is 226 Å². The summed E-state index contributed by atoms with van der Waals surface area (Å²) in [6.45, 7) is 6.48. The van der Waals surface area contributed by atoms with Gasteiger partial charge in [0, 0.05) is 19.3 Å². The quantitative estimate of drug-likeness (QED) is 0.0200. The Morgan fingerprint density at radius 3 is 1.10 bits per heavy atom. The van der Waals surface area contributed by atoms with Crippen LogP contribution in [-0.4, -0.2) is 37.2 Å². The molecule has 0 aromatic carbocycles. The molecule has 0 aromatic rings. The van der Waals surface area contributed by atoms with Crippen molar-refractivity contribution in [2.45, 2.75) is 232 Å². The van der Waals surface area contributed by atoms with Gasteiger partial charge in [-0.25, -0.2) is 0 Å². The zero-order chi connectivity index (χ0) is 43.0. The number of hydrogen-bond donors (Lipinski definition) is 0. The third-order valence-corrected chi connectivity index (χ3v) is 10.2. The number of carbonyl (C=O) groups excluding carboxylic acids is 3. The molecule has 0 heterocycles. The molecule has 0 fully saturated rings. The molecule has 0 amide bonds. The molecule has 0 radical (unpaired) electrons. The van der Waals surface area contributed by atoms with E-state index in [1.165, 1.54) is 77.0 Å². The van der Waals surface area contributed by atoms with Crippen LogP contribution in [0.15, 0.2) is 72.9 Å². The average molecular weight is 823 g/mol. The van der Waals surface area contributed by atoms with Gasteiger partial charge in [0.05, 0.1) is 0 Å². The van der Waals surface area contributed by atoms with Crippen LogP contribution in [0.4, 0.5) is 0 Å². The Labute approximate surface area is 363 Å². The van der Waals surface area contributed by atoms with Gasteiger partial charge in [-0.2, -0.15) is 0 Å². The van der Waals surface area contributed by atoms with Gasteiger partial charge in [0.15, 0.2) is 6.10 Å². The van der Waals surface area contributed by atoms with Crippen molar-refractivity contribution in [1.82, 2.24) is 0 Å². The van der Waals surface area contributed by atoms with Crippen LogP contribution in [0, 0.1) is 0 Å². The highest BCUT2D eigenvalue weighted by atomic mass is 16.6. The molecule has 0 saturated heterocycles. The second kappa shape index (κ2) is 47.5. The van der Waals surface area contributed by atoms with Crippen molar-refractivity contribution in [3.63, 3.8) is 0 Å². The molecule has 0 spiro atoms. The summed E-state index contributed by atoms with van der Waals surface area (Å²) < 4.78 is 16.7. The van der Waals surface area contributed by atoms with Crippen molar-refractivity contribution in [3.05, 3.63) is 72.9 Å². The first kappa shape index (κ1) is 55.9. The number of hydrogen-bond acceptors (Lipinski definition) is 6. The molecule has 1 unspecified atom stereocenters. The Morgan fingerprint density at radius 1 is 0.339 bits per heavy atom. The van der Waals surface area contributed by atoms with Crippen LogP contribution >= 0.6 is 0 Å². The van der Waals surface area contributed by atoms with Crippen molar-refractivity contribution in [2.75, 3.05) is 13.2 Å². The maximum atomic E-state index is 12.7. The predicted octanol–water partition coefficient (Wildman–Crippen LogP) is 15.9. The third kappa shape index (κ3) is 45.8. The van der Waals surface area contributed by atoms with Gasteiger partial charge < -0.3 is 14.2 Å². The maximum Gasteiger partial charge on any atom is 0.306 e. The van der Waals surface area contributed by atoms with Gasteiger partial charge in [0.2, 0.25) is 0 Å². The number of unbranched alkanes of at least 4 members (excludes halogenated alkanes) is 23. The number of rotatable bonds is 43. The average Bonchev–Trinajstić information content (AvgIpc) is 3.23. The highest BCUT2D eigenvalue weighted by molar-refractivity contribution is 5.71. The summed E-state index contributed by atoms with van der Waals surface area (Å²) in [6, 6.07) is 0. The van der Waals surface area contributed by atoms with Crippen molar-refractivity contribution < 1.29 is 28.6 Å². The molecule has 0 rings (SSSR count). The summed E-state index contributed by atoms with van der Waals surface area (Å²) in [5.74, 6) is -0.957. The molecule has 0 aliphatic heterocycles. The van der Waals surface area contributed by atoms with E-state index in [0.717, 1.165) is 109 Å². The first-order valence-electron chi connectivity index (χ1n) is 24.5. The molecule has 0 aliphatic rings. The van der Waals surface area contributed by atoms with Gasteiger partial charge in [0.25, 0.3) is 0 Å². The summed E-state index contributed by atoms with van der Waals surface area (Å²) in [5, 5.41) is 0. The summed E-state index contributed by atoms with van der Waals surface area (Å²) >= 11 is 0. The first-order chi connectivity index (χ1) is 29.0. The van der Waals surface area contributed by atoms with E-state index in [1.54, 1.807) is 0 Å². The lowest BCUT2D eigenvalue weighted by Crippen LogP contribution is -2.30. The molecule has 6 nitrogen and oxygen atoms in total. The minimum absolute atomic E-state index is 0.0986. The standard InChI is InChI=1S/C53H90O6/c1-4-7-10-13-16-19-22-24-25-26-27-28-29-32-34-37-40-43-46-52(55)58-49-50(48-57-51(54)45-42-39-36-33-30-21-18-15-12-9-6-3)59-53(56)47-44-41-38-35-31-23-20-17-14-11-8-5-2/h15,17-18,20-22,24-28,30,50H,4-14,16,19,23,29,31-49H2,1-3H3/b18-15-,20-17-,24-22-,26-25-,28-27-,30-21-. The lowest BCUT2D eigenvalue weighted by molar-refractivity contribution is -0.167. The van der Waals surface area contributed by atoms with Crippen LogP contribution in [-0.2, 0) is 28.6 Å². The van der Waals surface area contributed by atoms with Gasteiger partial charge >= 0.3 is 17.9 Å². The van der Waals surface area contributed by atoms with E-state index < -0.39 is 6.10 Å². The van der Waals surface area contributed by atoms with Gasteiger partial charge in [-0.15, -0.1) is 0 Å². The Bertz CT molecular complexity index is 1130. The molecule has 1 atom stereocenters. The van der Waals surface area contributed by atoms with Crippen LogP contribution in [0.5, 0.6) is 0 Å². The number of carbonyl (C=O) groups is 3. The topological polar surface area (TPSA) is 78.9 Å². The van der Waals surface area contributed by atoms with Crippen LogP contribution in [0.3, 0.4) is 0 Å². The minimum atomic E-state index is -0.797. The maximum absolute atomic E-state index is 12.7. The van der Waals surface area contributed by atoms with Gasteiger partial charge in [0.1, 0.15) is 13.2 Å². The van der Waals surface area contributed by atoms with E-state index in [1.807, 2.05) is 0 Å². The molecule has 0 bridgehead atoms. The monoisotopic (exact) mass is 823 g/mol. The van der Waals surface area contributed by atoms with E-state index in [9.17, 15) is 14.4 Å². The van der Waals surface area contributed by atoms with E-state index in [0.29, 0.717) is 19.3 Å². The van der Waals surface area contributed by atoms with Crippen LogP contribution < -0.4 is 0 Å². The molecular weight excluding hydrogens is 733 g/mol.